The zero-order chi connectivity index (χ0) is 22.8. The molecule has 2 atom stereocenters. The van der Waals surface area contributed by atoms with E-state index in [-0.39, 0.29) is 33.9 Å². The van der Waals surface area contributed by atoms with Crippen LogP contribution in [0.4, 0.5) is 0 Å². The molecule has 2 rings (SSSR count). The van der Waals surface area contributed by atoms with Gasteiger partial charge in [0, 0.05) is 10.8 Å². The zero-order valence-electron chi connectivity index (χ0n) is 20.7. The van der Waals surface area contributed by atoms with Crippen molar-refractivity contribution in [1.29, 1.82) is 0 Å². The van der Waals surface area contributed by atoms with Crippen molar-refractivity contribution in [3.63, 3.8) is 0 Å². The standard InChI is InChI=1S/C28H42O2/c1-25(2,3)23(27(7,8)21-17-13-11-14-18-21)29-30-24(26(4,5)6)28(9,10)22-19-15-12-16-20-22/h11-20,23-24H,1-10H3. The molecule has 0 saturated carbocycles. The third kappa shape index (κ3) is 5.53. The minimum atomic E-state index is -0.209. The van der Waals surface area contributed by atoms with Gasteiger partial charge in [-0.15, -0.1) is 0 Å². The fourth-order valence-electron chi connectivity index (χ4n) is 4.84. The molecule has 0 fully saturated rings. The van der Waals surface area contributed by atoms with Gasteiger partial charge in [0.05, 0.1) is 0 Å². The Bertz CT molecular complexity index is 707. The lowest BCUT2D eigenvalue weighted by atomic mass is 9.69. The third-order valence-electron chi connectivity index (χ3n) is 6.17. The van der Waals surface area contributed by atoms with E-state index >= 15 is 0 Å². The molecule has 0 aliphatic rings. The molecule has 2 unspecified atom stereocenters. The predicted molar refractivity (Wildman–Crippen MR) is 128 cm³/mol. The molecule has 0 aromatic heterocycles. The van der Waals surface area contributed by atoms with Gasteiger partial charge in [-0.1, -0.05) is 130 Å². The van der Waals surface area contributed by atoms with Crippen LogP contribution >= 0.6 is 0 Å². The molecule has 0 bridgehead atoms. The van der Waals surface area contributed by atoms with Crippen LogP contribution in [0.5, 0.6) is 0 Å². The molecule has 0 spiro atoms. The number of hydrogen-bond donors (Lipinski definition) is 0. The van der Waals surface area contributed by atoms with Crippen LogP contribution in [0.1, 0.15) is 80.4 Å². The third-order valence-corrected chi connectivity index (χ3v) is 6.17. The van der Waals surface area contributed by atoms with E-state index in [0.29, 0.717) is 0 Å². The van der Waals surface area contributed by atoms with E-state index in [4.69, 9.17) is 9.78 Å². The monoisotopic (exact) mass is 410 g/mol. The van der Waals surface area contributed by atoms with E-state index in [1.165, 1.54) is 11.1 Å². The van der Waals surface area contributed by atoms with Crippen LogP contribution in [0, 0.1) is 10.8 Å². The highest BCUT2D eigenvalue weighted by Crippen LogP contribution is 2.43. The molecule has 0 amide bonds. The minimum Gasteiger partial charge on any atom is -0.232 e. The van der Waals surface area contributed by atoms with Crippen molar-refractivity contribution in [2.45, 2.75) is 92.3 Å². The molecule has 0 N–H and O–H groups in total. The molecule has 0 aliphatic carbocycles. The molecule has 0 heterocycles. The Hall–Kier alpha value is -1.64. The molecule has 0 aliphatic heterocycles. The normalized spacial score (nSPS) is 15.7. The summed E-state index contributed by atoms with van der Waals surface area (Å²) in [4.78, 5) is 12.8. The minimum absolute atomic E-state index is 0.0985. The first-order chi connectivity index (χ1) is 13.7. The molecule has 30 heavy (non-hydrogen) atoms. The summed E-state index contributed by atoms with van der Waals surface area (Å²) in [7, 11) is 0. The maximum atomic E-state index is 6.42. The molecule has 2 nitrogen and oxygen atoms in total. The van der Waals surface area contributed by atoms with Crippen molar-refractivity contribution in [2.24, 2.45) is 10.8 Å². The zero-order valence-corrected chi connectivity index (χ0v) is 20.7. The fourth-order valence-corrected chi connectivity index (χ4v) is 4.84. The number of benzene rings is 2. The summed E-state index contributed by atoms with van der Waals surface area (Å²) in [6.07, 6.45) is -0.243. The second-order valence-corrected chi connectivity index (χ2v) is 11.9. The lowest BCUT2D eigenvalue weighted by Gasteiger charge is -2.46. The van der Waals surface area contributed by atoms with Gasteiger partial charge < -0.3 is 0 Å². The van der Waals surface area contributed by atoms with Crippen molar-refractivity contribution in [1.82, 2.24) is 0 Å². The van der Waals surface area contributed by atoms with Crippen molar-refractivity contribution >= 4 is 0 Å². The average molecular weight is 411 g/mol. The van der Waals surface area contributed by atoms with Crippen molar-refractivity contribution in [3.8, 4) is 0 Å². The van der Waals surface area contributed by atoms with E-state index in [2.05, 4.69) is 130 Å². The van der Waals surface area contributed by atoms with Gasteiger partial charge in [-0.2, -0.15) is 0 Å². The first-order valence-corrected chi connectivity index (χ1v) is 11.1. The quantitative estimate of drug-likeness (QED) is 0.343. The molecule has 2 aromatic rings. The summed E-state index contributed by atoms with van der Waals surface area (Å²) in [5.41, 5.74) is 1.89. The highest BCUT2D eigenvalue weighted by molar-refractivity contribution is 5.27. The van der Waals surface area contributed by atoms with Gasteiger partial charge in [0.15, 0.2) is 0 Å². The Labute approximate surface area is 184 Å². The highest BCUT2D eigenvalue weighted by Gasteiger charge is 2.45. The summed E-state index contributed by atoms with van der Waals surface area (Å²) < 4.78 is 0. The van der Waals surface area contributed by atoms with Crippen molar-refractivity contribution < 1.29 is 9.78 Å². The Kier molecular flexibility index (Phi) is 7.26. The summed E-state index contributed by atoms with van der Waals surface area (Å²) in [6, 6.07) is 21.2. The first-order valence-electron chi connectivity index (χ1n) is 11.1. The fraction of sp³-hybridized carbons (Fsp3) is 0.571. The van der Waals surface area contributed by atoms with E-state index in [0.717, 1.165) is 0 Å². The summed E-state index contributed by atoms with van der Waals surface area (Å²) in [5.74, 6) is 0. The van der Waals surface area contributed by atoms with Gasteiger partial charge >= 0.3 is 0 Å². The van der Waals surface area contributed by atoms with Crippen LogP contribution in [0.15, 0.2) is 60.7 Å². The predicted octanol–water partition coefficient (Wildman–Crippen LogP) is 7.72. The lowest BCUT2D eigenvalue weighted by molar-refractivity contribution is -0.397. The Morgan fingerprint density at radius 3 is 0.967 bits per heavy atom. The van der Waals surface area contributed by atoms with Crippen LogP contribution in [0.25, 0.3) is 0 Å². The van der Waals surface area contributed by atoms with Gasteiger partial charge in [-0.3, -0.25) is 0 Å². The van der Waals surface area contributed by atoms with Crippen LogP contribution in [-0.2, 0) is 20.6 Å². The topological polar surface area (TPSA) is 18.5 Å². The largest absolute Gasteiger partial charge is 0.232 e. The summed E-state index contributed by atoms with van der Waals surface area (Å²) in [6.45, 7) is 22.3. The van der Waals surface area contributed by atoms with Gasteiger partial charge in [-0.25, -0.2) is 9.78 Å². The van der Waals surface area contributed by atoms with Gasteiger partial charge in [0.25, 0.3) is 0 Å². The second kappa shape index (κ2) is 8.85. The van der Waals surface area contributed by atoms with Crippen molar-refractivity contribution in [3.05, 3.63) is 71.8 Å². The highest BCUT2D eigenvalue weighted by atomic mass is 17.2. The average Bonchev–Trinajstić information content (AvgIpc) is 2.64. The van der Waals surface area contributed by atoms with Crippen LogP contribution < -0.4 is 0 Å². The molecular weight excluding hydrogens is 368 g/mol. The Balaban J connectivity index is 2.37. The van der Waals surface area contributed by atoms with E-state index < -0.39 is 0 Å². The van der Waals surface area contributed by atoms with E-state index in [1.54, 1.807) is 0 Å². The molecule has 166 valence electrons. The van der Waals surface area contributed by atoms with Gasteiger partial charge in [-0.05, 0) is 22.0 Å². The molecular formula is C28H42O2. The Morgan fingerprint density at radius 2 is 0.733 bits per heavy atom. The molecule has 0 saturated heterocycles. The maximum Gasteiger partial charge on any atom is 0.107 e. The SMILES string of the molecule is CC(C)(C)C(OOC(C(C)(C)C)C(C)(C)c1ccccc1)C(C)(C)c1ccccc1. The van der Waals surface area contributed by atoms with E-state index in [1.807, 2.05) is 0 Å². The molecule has 2 aromatic carbocycles. The smallest absolute Gasteiger partial charge is 0.107 e. The first kappa shape index (κ1) is 24.6. The summed E-state index contributed by atoms with van der Waals surface area (Å²) in [5, 5.41) is 0. The number of rotatable bonds is 7. The molecule has 0 radical (unpaired) electrons. The van der Waals surface area contributed by atoms with Gasteiger partial charge in [0.2, 0.25) is 0 Å². The van der Waals surface area contributed by atoms with Crippen LogP contribution in [0.3, 0.4) is 0 Å². The van der Waals surface area contributed by atoms with E-state index in [9.17, 15) is 0 Å². The maximum absolute atomic E-state index is 6.42. The number of hydrogen-bond acceptors (Lipinski definition) is 2. The van der Waals surface area contributed by atoms with Crippen molar-refractivity contribution in [2.75, 3.05) is 0 Å². The second-order valence-electron chi connectivity index (χ2n) is 11.9. The van der Waals surface area contributed by atoms with Crippen LogP contribution in [-0.4, -0.2) is 12.2 Å². The molecule has 2 heteroatoms. The summed E-state index contributed by atoms with van der Waals surface area (Å²) >= 11 is 0. The lowest BCUT2D eigenvalue weighted by Crippen LogP contribution is -2.50. The Morgan fingerprint density at radius 1 is 0.467 bits per heavy atom. The van der Waals surface area contributed by atoms with Crippen LogP contribution in [0.2, 0.25) is 0 Å². The van der Waals surface area contributed by atoms with Gasteiger partial charge in [0.1, 0.15) is 12.2 Å².